The van der Waals surface area contributed by atoms with Gasteiger partial charge in [0, 0.05) is 10.7 Å². The third-order valence-corrected chi connectivity index (χ3v) is 5.08. The van der Waals surface area contributed by atoms with E-state index in [0.29, 0.717) is 5.02 Å². The van der Waals surface area contributed by atoms with Crippen LogP contribution in [0, 0.1) is 13.8 Å². The molecule has 8 nitrogen and oxygen atoms in total. The number of benzene rings is 3. The van der Waals surface area contributed by atoms with Gasteiger partial charge in [-0.25, -0.2) is 14.4 Å². The number of ether oxygens (including phenoxy) is 2. The van der Waals surface area contributed by atoms with Crippen molar-refractivity contribution in [1.82, 2.24) is 0 Å². The highest BCUT2D eigenvalue weighted by Gasteiger charge is 2.41. The Bertz CT molecular complexity index is 1270. The predicted molar refractivity (Wildman–Crippen MR) is 128 cm³/mol. The Morgan fingerprint density at radius 3 is 1.77 bits per heavy atom. The smallest absolute Gasteiger partial charge is 0.349 e. The summed E-state index contributed by atoms with van der Waals surface area (Å²) in [5.74, 6) is -4.64. The molecule has 2 atom stereocenters. The zero-order valence-electron chi connectivity index (χ0n) is 18.9. The molecule has 0 aliphatic heterocycles. The van der Waals surface area contributed by atoms with Crippen molar-refractivity contribution in [3.05, 3.63) is 100 Å². The minimum absolute atomic E-state index is 0.0789. The van der Waals surface area contributed by atoms with Crippen LogP contribution in [0.5, 0.6) is 0 Å². The van der Waals surface area contributed by atoms with Crippen LogP contribution in [0.25, 0.3) is 0 Å². The van der Waals surface area contributed by atoms with E-state index in [4.69, 9.17) is 21.1 Å². The van der Waals surface area contributed by atoms with Crippen LogP contribution in [-0.4, -0.2) is 41.1 Å². The number of hydrogen-bond acceptors (Lipinski definition) is 6. The molecular formula is C26H22ClNO7. The number of hydrogen-bond donors (Lipinski definition) is 2. The lowest BCUT2D eigenvalue weighted by atomic mass is 10.1. The molecule has 0 aromatic heterocycles. The predicted octanol–water partition coefficient (Wildman–Crippen LogP) is 4.43. The summed E-state index contributed by atoms with van der Waals surface area (Å²) >= 11 is 5.95. The van der Waals surface area contributed by atoms with E-state index in [1.165, 1.54) is 36.4 Å². The molecule has 0 heterocycles. The van der Waals surface area contributed by atoms with E-state index in [0.717, 1.165) is 11.1 Å². The highest BCUT2D eigenvalue weighted by atomic mass is 35.5. The number of amides is 1. The lowest BCUT2D eigenvalue weighted by Gasteiger charge is -2.23. The summed E-state index contributed by atoms with van der Waals surface area (Å²) in [4.78, 5) is 50.6. The number of carboxylic acid groups (broad SMARTS) is 1. The maximum atomic E-state index is 13.1. The second-order valence-electron chi connectivity index (χ2n) is 7.73. The van der Waals surface area contributed by atoms with Crippen LogP contribution in [0.2, 0.25) is 5.02 Å². The fraction of sp³-hybridized carbons (Fsp3) is 0.154. The Morgan fingerprint density at radius 1 is 0.771 bits per heavy atom. The van der Waals surface area contributed by atoms with Gasteiger partial charge in [-0.1, -0.05) is 53.1 Å². The van der Waals surface area contributed by atoms with Gasteiger partial charge in [-0.2, -0.15) is 0 Å². The summed E-state index contributed by atoms with van der Waals surface area (Å²) in [6, 6.07) is 18.7. The van der Waals surface area contributed by atoms with Crippen molar-refractivity contribution >= 4 is 41.1 Å². The molecule has 2 unspecified atom stereocenters. The van der Waals surface area contributed by atoms with Crippen LogP contribution >= 0.6 is 11.6 Å². The zero-order chi connectivity index (χ0) is 25.5. The minimum atomic E-state index is -2.13. The monoisotopic (exact) mass is 495 g/mol. The first kappa shape index (κ1) is 25.5. The van der Waals surface area contributed by atoms with Gasteiger partial charge in [0.25, 0.3) is 5.91 Å². The third-order valence-electron chi connectivity index (χ3n) is 4.84. The van der Waals surface area contributed by atoms with Gasteiger partial charge in [0.1, 0.15) is 0 Å². The van der Waals surface area contributed by atoms with Gasteiger partial charge in [-0.05, 0) is 56.3 Å². The standard InChI is InChI=1S/C26H22ClNO7/c1-15-6-3-8-17(12-15)25(32)34-21(23(29)28-20-11-5-10-19(27)14-20)22(24(30)31)35-26(33)18-9-4-7-16(2)13-18/h3-14,21-22H,1-2H3,(H,28,29)(H,30,31). The van der Waals surface area contributed by atoms with E-state index < -0.39 is 36.0 Å². The number of aliphatic carboxylic acids is 1. The molecule has 0 bridgehead atoms. The summed E-state index contributed by atoms with van der Waals surface area (Å²) < 4.78 is 10.5. The van der Waals surface area contributed by atoms with Crippen molar-refractivity contribution in [2.45, 2.75) is 26.1 Å². The zero-order valence-corrected chi connectivity index (χ0v) is 19.6. The fourth-order valence-electron chi connectivity index (χ4n) is 3.18. The number of rotatable bonds is 8. The molecule has 3 aromatic rings. The van der Waals surface area contributed by atoms with Crippen molar-refractivity contribution < 1.29 is 33.8 Å². The number of esters is 2. The first-order valence-electron chi connectivity index (χ1n) is 10.5. The second-order valence-corrected chi connectivity index (χ2v) is 8.17. The van der Waals surface area contributed by atoms with Crippen molar-refractivity contribution in [2.24, 2.45) is 0 Å². The van der Waals surface area contributed by atoms with Crippen molar-refractivity contribution in [3.63, 3.8) is 0 Å². The summed E-state index contributed by atoms with van der Waals surface area (Å²) in [7, 11) is 0. The quantitative estimate of drug-likeness (QED) is 0.443. The summed E-state index contributed by atoms with van der Waals surface area (Å²) in [6.45, 7) is 3.50. The Labute approximate surface area is 206 Å². The average Bonchev–Trinajstić information content (AvgIpc) is 2.80. The molecule has 1 amide bonds. The molecule has 0 spiro atoms. The summed E-state index contributed by atoms with van der Waals surface area (Å²) in [5.41, 5.74) is 1.90. The number of carboxylic acids is 1. The number of halogens is 1. The third kappa shape index (κ3) is 6.91. The lowest BCUT2D eigenvalue weighted by Crippen LogP contribution is -2.48. The van der Waals surface area contributed by atoms with E-state index in [9.17, 15) is 24.3 Å². The highest BCUT2D eigenvalue weighted by molar-refractivity contribution is 6.30. The molecule has 0 radical (unpaired) electrons. The number of aryl methyl sites for hydroxylation is 2. The number of carbonyl (C=O) groups excluding carboxylic acids is 3. The van der Waals surface area contributed by atoms with E-state index in [-0.39, 0.29) is 16.8 Å². The molecule has 3 aromatic carbocycles. The van der Waals surface area contributed by atoms with Gasteiger partial charge >= 0.3 is 17.9 Å². The van der Waals surface area contributed by atoms with Gasteiger partial charge in [-0.3, -0.25) is 4.79 Å². The molecule has 0 fully saturated rings. The maximum absolute atomic E-state index is 13.1. The summed E-state index contributed by atoms with van der Waals surface area (Å²) in [5, 5.41) is 12.6. The van der Waals surface area contributed by atoms with Crippen LogP contribution in [0.15, 0.2) is 72.8 Å². The molecule has 2 N–H and O–H groups in total. The van der Waals surface area contributed by atoms with Gasteiger partial charge in [0.2, 0.25) is 12.2 Å². The normalized spacial score (nSPS) is 12.2. The van der Waals surface area contributed by atoms with Crippen LogP contribution < -0.4 is 5.32 Å². The highest BCUT2D eigenvalue weighted by Crippen LogP contribution is 2.19. The van der Waals surface area contributed by atoms with Crippen LogP contribution in [0.4, 0.5) is 5.69 Å². The first-order chi connectivity index (χ1) is 16.6. The van der Waals surface area contributed by atoms with Crippen LogP contribution in [0.3, 0.4) is 0 Å². The van der Waals surface area contributed by atoms with Crippen LogP contribution in [-0.2, 0) is 19.1 Å². The van der Waals surface area contributed by atoms with Crippen LogP contribution in [0.1, 0.15) is 31.8 Å². The number of nitrogens with one attached hydrogen (secondary N) is 1. The molecule has 0 saturated carbocycles. The van der Waals surface area contributed by atoms with Crippen molar-refractivity contribution in [1.29, 1.82) is 0 Å². The molecule has 9 heteroatoms. The Hall–Kier alpha value is -4.17. The van der Waals surface area contributed by atoms with Gasteiger partial charge in [0.15, 0.2) is 0 Å². The molecule has 35 heavy (non-hydrogen) atoms. The molecular weight excluding hydrogens is 474 g/mol. The average molecular weight is 496 g/mol. The van der Waals surface area contributed by atoms with E-state index >= 15 is 0 Å². The van der Waals surface area contributed by atoms with Crippen molar-refractivity contribution in [2.75, 3.05) is 5.32 Å². The van der Waals surface area contributed by atoms with E-state index in [1.54, 1.807) is 50.2 Å². The SMILES string of the molecule is Cc1cccc(C(=O)OC(C(=O)O)C(OC(=O)c2cccc(C)c2)C(=O)Nc2cccc(Cl)c2)c1. The topological polar surface area (TPSA) is 119 Å². The largest absolute Gasteiger partial charge is 0.478 e. The summed E-state index contributed by atoms with van der Waals surface area (Å²) in [6.07, 6.45) is -4.13. The Balaban J connectivity index is 1.92. The number of anilines is 1. The molecule has 0 saturated heterocycles. The van der Waals surface area contributed by atoms with E-state index in [1.807, 2.05) is 0 Å². The molecule has 180 valence electrons. The molecule has 0 aliphatic carbocycles. The fourth-order valence-corrected chi connectivity index (χ4v) is 3.38. The van der Waals surface area contributed by atoms with Crippen molar-refractivity contribution in [3.8, 4) is 0 Å². The van der Waals surface area contributed by atoms with Gasteiger partial charge in [-0.15, -0.1) is 0 Å². The second kappa shape index (κ2) is 11.3. The maximum Gasteiger partial charge on any atom is 0.349 e. The van der Waals surface area contributed by atoms with Gasteiger partial charge < -0.3 is 19.9 Å². The first-order valence-corrected chi connectivity index (χ1v) is 10.9. The lowest BCUT2D eigenvalue weighted by molar-refractivity contribution is -0.157. The van der Waals surface area contributed by atoms with Gasteiger partial charge in [0.05, 0.1) is 11.1 Å². The Morgan fingerprint density at radius 2 is 1.29 bits per heavy atom. The molecule has 3 rings (SSSR count). The number of carbonyl (C=O) groups is 4. The molecule has 0 aliphatic rings. The van der Waals surface area contributed by atoms with E-state index in [2.05, 4.69) is 5.32 Å². The minimum Gasteiger partial charge on any atom is -0.478 e. The Kier molecular flexibility index (Phi) is 8.22.